The zero-order valence-corrected chi connectivity index (χ0v) is 13.6. The minimum Gasteiger partial charge on any atom is -0.467 e. The number of ether oxygens (including phenoxy) is 2. The van der Waals surface area contributed by atoms with E-state index in [4.69, 9.17) is 4.74 Å². The first kappa shape index (κ1) is 19.2. The lowest BCUT2D eigenvalue weighted by atomic mass is 10.1. The van der Waals surface area contributed by atoms with Crippen LogP contribution in [0.15, 0.2) is 0 Å². The number of rotatable bonds is 6. The van der Waals surface area contributed by atoms with E-state index >= 15 is 0 Å². The molecule has 0 radical (unpaired) electrons. The smallest absolute Gasteiger partial charge is 0.408 e. The summed E-state index contributed by atoms with van der Waals surface area (Å²) >= 11 is 0. The zero-order valence-electron chi connectivity index (χ0n) is 13.6. The first-order valence-corrected chi connectivity index (χ1v) is 7.02. The quantitative estimate of drug-likeness (QED) is 0.722. The lowest BCUT2D eigenvalue weighted by Gasteiger charge is -2.23. The van der Waals surface area contributed by atoms with Crippen LogP contribution in [0.1, 0.15) is 47.5 Å². The van der Waals surface area contributed by atoms with E-state index in [9.17, 15) is 14.4 Å². The molecule has 2 N–H and O–H groups in total. The van der Waals surface area contributed by atoms with Crippen molar-refractivity contribution in [2.24, 2.45) is 0 Å². The number of nitrogens with one attached hydrogen (secondary N) is 2. The number of alkyl carbamates (subject to hydrolysis) is 1. The third-order valence-corrected chi connectivity index (χ3v) is 2.63. The minimum atomic E-state index is -0.765. The number of esters is 1. The van der Waals surface area contributed by atoms with E-state index in [1.807, 2.05) is 0 Å². The lowest BCUT2D eigenvalue weighted by Crippen LogP contribution is -2.52. The molecule has 0 aliphatic heterocycles. The molecule has 0 aromatic heterocycles. The van der Waals surface area contributed by atoms with Gasteiger partial charge in [0, 0.05) is 0 Å². The largest absolute Gasteiger partial charge is 0.467 e. The maximum atomic E-state index is 12.1. The maximum absolute atomic E-state index is 12.1. The second kappa shape index (κ2) is 8.49. The standard InChI is InChI=1S/C14H26N2O5/c1-7-9(16-13(19)21-14(3,4)5)11(17)15-10(8-2)12(18)20-6/h9-10H,7-8H2,1-6H3,(H,15,17)(H,16,19)/t9-,10+/m0/s1. The Morgan fingerprint density at radius 3 is 1.90 bits per heavy atom. The summed E-state index contributed by atoms with van der Waals surface area (Å²) in [6, 6.07) is -1.49. The van der Waals surface area contributed by atoms with E-state index in [1.54, 1.807) is 34.6 Å². The van der Waals surface area contributed by atoms with Crippen molar-refractivity contribution in [3.63, 3.8) is 0 Å². The number of carbonyl (C=O) groups excluding carboxylic acids is 3. The van der Waals surface area contributed by atoms with Crippen LogP contribution in [0.4, 0.5) is 4.79 Å². The van der Waals surface area contributed by atoms with Gasteiger partial charge in [-0.15, -0.1) is 0 Å². The maximum Gasteiger partial charge on any atom is 0.408 e. The van der Waals surface area contributed by atoms with E-state index in [-0.39, 0.29) is 0 Å². The van der Waals surface area contributed by atoms with Gasteiger partial charge in [-0.05, 0) is 33.6 Å². The number of amides is 2. The summed E-state index contributed by atoms with van der Waals surface area (Å²) in [5.41, 5.74) is -0.642. The second-order valence-electron chi connectivity index (χ2n) is 5.60. The molecule has 0 fully saturated rings. The lowest BCUT2D eigenvalue weighted by molar-refractivity contribution is -0.145. The van der Waals surface area contributed by atoms with E-state index in [1.165, 1.54) is 7.11 Å². The summed E-state index contributed by atoms with van der Waals surface area (Å²) in [5, 5.41) is 5.04. The van der Waals surface area contributed by atoms with Crippen molar-refractivity contribution in [3.8, 4) is 0 Å². The van der Waals surface area contributed by atoms with Gasteiger partial charge in [-0.2, -0.15) is 0 Å². The van der Waals surface area contributed by atoms with Crippen LogP contribution in [0, 0.1) is 0 Å². The molecule has 21 heavy (non-hydrogen) atoms. The molecule has 2 atom stereocenters. The summed E-state index contributed by atoms with van der Waals surface area (Å²) in [6.45, 7) is 8.71. The summed E-state index contributed by atoms with van der Waals surface area (Å²) < 4.78 is 9.70. The monoisotopic (exact) mass is 302 g/mol. The first-order chi connectivity index (χ1) is 9.64. The highest BCUT2D eigenvalue weighted by Gasteiger charge is 2.26. The fraction of sp³-hybridized carbons (Fsp3) is 0.786. The van der Waals surface area contributed by atoms with Gasteiger partial charge in [0.2, 0.25) is 5.91 Å². The predicted octanol–water partition coefficient (Wildman–Crippen LogP) is 1.36. The highest BCUT2D eigenvalue weighted by atomic mass is 16.6. The SMILES string of the molecule is CC[C@H](NC(=O)OC(C)(C)C)C(=O)N[C@H](CC)C(=O)OC. The predicted molar refractivity (Wildman–Crippen MR) is 77.7 cm³/mol. The van der Waals surface area contributed by atoms with E-state index in [0.717, 1.165) is 0 Å². The Hall–Kier alpha value is -1.79. The van der Waals surface area contributed by atoms with Gasteiger partial charge >= 0.3 is 12.1 Å². The molecule has 0 saturated carbocycles. The van der Waals surface area contributed by atoms with Crippen molar-refractivity contribution in [2.75, 3.05) is 7.11 Å². The van der Waals surface area contributed by atoms with Crippen LogP contribution in [0.5, 0.6) is 0 Å². The van der Waals surface area contributed by atoms with Crippen LogP contribution < -0.4 is 10.6 Å². The Bertz CT molecular complexity index is 376. The Kier molecular flexibility index (Phi) is 7.76. The second-order valence-corrected chi connectivity index (χ2v) is 5.60. The van der Waals surface area contributed by atoms with Crippen LogP contribution in [0.3, 0.4) is 0 Å². The topological polar surface area (TPSA) is 93.7 Å². The van der Waals surface area contributed by atoms with Crippen molar-refractivity contribution >= 4 is 18.0 Å². The first-order valence-electron chi connectivity index (χ1n) is 7.02. The van der Waals surface area contributed by atoms with Gasteiger partial charge in [-0.3, -0.25) is 4.79 Å². The molecule has 0 bridgehead atoms. The Balaban J connectivity index is 4.62. The molecule has 0 saturated heterocycles. The van der Waals surface area contributed by atoms with Crippen LogP contribution >= 0.6 is 0 Å². The molecule has 0 aromatic carbocycles. The number of hydrogen-bond acceptors (Lipinski definition) is 5. The van der Waals surface area contributed by atoms with Gasteiger partial charge in [-0.25, -0.2) is 9.59 Å². The fourth-order valence-corrected chi connectivity index (χ4v) is 1.55. The molecular formula is C14H26N2O5. The normalized spacial score (nSPS) is 13.8. The van der Waals surface area contributed by atoms with Gasteiger partial charge in [-0.1, -0.05) is 13.8 Å². The van der Waals surface area contributed by atoms with Crippen molar-refractivity contribution in [1.29, 1.82) is 0 Å². The van der Waals surface area contributed by atoms with Gasteiger partial charge < -0.3 is 20.1 Å². The van der Waals surface area contributed by atoms with Crippen LogP contribution in [0.25, 0.3) is 0 Å². The van der Waals surface area contributed by atoms with E-state index in [0.29, 0.717) is 12.8 Å². The zero-order chi connectivity index (χ0) is 16.6. The molecule has 0 unspecified atom stereocenters. The van der Waals surface area contributed by atoms with Crippen molar-refractivity contribution < 1.29 is 23.9 Å². The van der Waals surface area contributed by atoms with Crippen LogP contribution in [-0.4, -0.2) is 42.8 Å². The van der Waals surface area contributed by atoms with E-state index < -0.39 is 35.7 Å². The molecule has 7 heteroatoms. The van der Waals surface area contributed by atoms with Gasteiger partial charge in [0.25, 0.3) is 0 Å². The Labute approximate surface area is 125 Å². The van der Waals surface area contributed by atoms with Crippen molar-refractivity contribution in [2.45, 2.75) is 65.1 Å². The molecule has 7 nitrogen and oxygen atoms in total. The summed E-state index contributed by atoms with van der Waals surface area (Å²) in [7, 11) is 1.26. The highest BCUT2D eigenvalue weighted by molar-refractivity contribution is 5.89. The number of carbonyl (C=O) groups is 3. The molecular weight excluding hydrogens is 276 g/mol. The fourth-order valence-electron chi connectivity index (χ4n) is 1.55. The summed E-state index contributed by atoms with van der Waals surface area (Å²) in [6.07, 6.45) is 0.111. The van der Waals surface area contributed by atoms with Gasteiger partial charge in [0.05, 0.1) is 7.11 Å². The summed E-state index contributed by atoms with van der Waals surface area (Å²) in [4.78, 5) is 35.2. The molecule has 0 aliphatic carbocycles. The molecule has 0 heterocycles. The van der Waals surface area contributed by atoms with Crippen LogP contribution in [-0.2, 0) is 19.1 Å². The molecule has 122 valence electrons. The average molecular weight is 302 g/mol. The molecule has 0 spiro atoms. The van der Waals surface area contributed by atoms with Crippen LogP contribution in [0.2, 0.25) is 0 Å². The molecule has 2 amide bonds. The number of methoxy groups -OCH3 is 1. The van der Waals surface area contributed by atoms with Crippen molar-refractivity contribution in [3.05, 3.63) is 0 Å². The molecule has 0 aromatic rings. The van der Waals surface area contributed by atoms with Gasteiger partial charge in [0.15, 0.2) is 0 Å². The van der Waals surface area contributed by atoms with Crippen molar-refractivity contribution in [1.82, 2.24) is 10.6 Å². The third-order valence-electron chi connectivity index (χ3n) is 2.63. The summed E-state index contributed by atoms with van der Waals surface area (Å²) in [5.74, 6) is -0.960. The Morgan fingerprint density at radius 1 is 1.00 bits per heavy atom. The molecule has 0 aliphatic rings. The Morgan fingerprint density at radius 2 is 1.52 bits per heavy atom. The molecule has 0 rings (SSSR count). The van der Waals surface area contributed by atoms with E-state index in [2.05, 4.69) is 15.4 Å². The highest BCUT2D eigenvalue weighted by Crippen LogP contribution is 2.07. The third kappa shape index (κ3) is 7.53. The number of hydrogen-bond donors (Lipinski definition) is 2. The minimum absolute atomic E-state index is 0.378. The van der Waals surface area contributed by atoms with Gasteiger partial charge in [0.1, 0.15) is 17.7 Å². The average Bonchev–Trinajstić information content (AvgIpc) is 2.38.